The molecule has 1 N–H and O–H groups in total. The van der Waals surface area contributed by atoms with Gasteiger partial charge in [-0.3, -0.25) is 9.63 Å². The molecule has 0 aliphatic heterocycles. The van der Waals surface area contributed by atoms with E-state index in [0.717, 1.165) is 11.8 Å². The highest BCUT2D eigenvalue weighted by atomic mass is 32.2. The first-order valence-electron chi connectivity index (χ1n) is 5.52. The highest BCUT2D eigenvalue weighted by Gasteiger charge is 2.18. The number of hydroxylamine groups is 1. The van der Waals surface area contributed by atoms with Crippen LogP contribution in [0.1, 0.15) is 12.5 Å². The molecule has 0 aromatic heterocycles. The zero-order chi connectivity index (χ0) is 13.6. The number of hydrogen-bond acceptors (Lipinski definition) is 4. The molecule has 1 unspecified atom stereocenters. The highest BCUT2D eigenvalue weighted by Crippen LogP contribution is 2.02. The van der Waals surface area contributed by atoms with Crippen LogP contribution in [0.2, 0.25) is 0 Å². The molecule has 0 radical (unpaired) electrons. The Morgan fingerprint density at radius 2 is 1.94 bits per heavy atom. The van der Waals surface area contributed by atoms with Gasteiger partial charge in [0.05, 0.1) is 18.3 Å². The molecule has 18 heavy (non-hydrogen) atoms. The van der Waals surface area contributed by atoms with Gasteiger partial charge in [-0.2, -0.15) is 0 Å². The van der Waals surface area contributed by atoms with E-state index in [4.69, 9.17) is 4.84 Å². The molecule has 0 aliphatic rings. The Morgan fingerprint density at radius 1 is 1.33 bits per heavy atom. The molecule has 0 spiro atoms. The molecule has 0 heterocycles. The van der Waals surface area contributed by atoms with Gasteiger partial charge in [0.15, 0.2) is 0 Å². The van der Waals surface area contributed by atoms with Gasteiger partial charge in [0.25, 0.3) is 0 Å². The number of nitrogens with one attached hydrogen (secondary N) is 1. The van der Waals surface area contributed by atoms with Crippen molar-refractivity contribution in [1.82, 2.24) is 5.48 Å². The SMILES string of the molecule is CC(CS(C)(=O)=O)C(=O)NOCc1ccccc1. The van der Waals surface area contributed by atoms with Crippen molar-refractivity contribution >= 4 is 15.7 Å². The van der Waals surface area contributed by atoms with Crippen molar-refractivity contribution in [3.8, 4) is 0 Å². The molecule has 1 rings (SSSR count). The van der Waals surface area contributed by atoms with Gasteiger partial charge in [-0.05, 0) is 5.56 Å². The van der Waals surface area contributed by atoms with E-state index < -0.39 is 21.7 Å². The summed E-state index contributed by atoms with van der Waals surface area (Å²) in [5.74, 6) is -1.25. The third kappa shape index (κ3) is 5.79. The molecule has 6 heteroatoms. The third-order valence-corrected chi connectivity index (χ3v) is 3.36. The van der Waals surface area contributed by atoms with E-state index in [-0.39, 0.29) is 12.4 Å². The number of benzene rings is 1. The Balaban J connectivity index is 2.33. The fourth-order valence-corrected chi connectivity index (χ4v) is 2.45. The lowest BCUT2D eigenvalue weighted by atomic mass is 10.2. The van der Waals surface area contributed by atoms with Crippen molar-refractivity contribution in [2.45, 2.75) is 13.5 Å². The van der Waals surface area contributed by atoms with Crippen molar-refractivity contribution < 1.29 is 18.0 Å². The molecule has 0 saturated carbocycles. The van der Waals surface area contributed by atoms with Gasteiger partial charge in [-0.15, -0.1) is 0 Å². The van der Waals surface area contributed by atoms with Gasteiger partial charge in [-0.25, -0.2) is 13.9 Å². The van der Waals surface area contributed by atoms with Crippen molar-refractivity contribution in [2.24, 2.45) is 5.92 Å². The maximum Gasteiger partial charge on any atom is 0.247 e. The molecule has 1 aromatic rings. The molecule has 1 amide bonds. The van der Waals surface area contributed by atoms with Crippen LogP contribution in [0.3, 0.4) is 0 Å². The molecular weight excluding hydrogens is 254 g/mol. The van der Waals surface area contributed by atoms with Gasteiger partial charge in [-0.1, -0.05) is 37.3 Å². The predicted octanol–water partition coefficient (Wildman–Crippen LogP) is 0.915. The number of carbonyl (C=O) groups is 1. The van der Waals surface area contributed by atoms with Crippen LogP contribution in [-0.2, 0) is 26.1 Å². The molecule has 100 valence electrons. The Bertz CT molecular complexity index is 484. The van der Waals surface area contributed by atoms with Gasteiger partial charge in [0.1, 0.15) is 9.84 Å². The average molecular weight is 271 g/mol. The fraction of sp³-hybridized carbons (Fsp3) is 0.417. The first-order valence-corrected chi connectivity index (χ1v) is 7.58. The number of carbonyl (C=O) groups excluding carboxylic acids is 1. The summed E-state index contributed by atoms with van der Waals surface area (Å²) in [4.78, 5) is 16.5. The largest absolute Gasteiger partial charge is 0.272 e. The van der Waals surface area contributed by atoms with Crippen LogP contribution in [0.4, 0.5) is 0 Å². The minimum atomic E-state index is -3.16. The predicted molar refractivity (Wildman–Crippen MR) is 68.2 cm³/mol. The Kier molecular flexibility index (Phi) is 5.30. The van der Waals surface area contributed by atoms with Crippen molar-refractivity contribution in [3.63, 3.8) is 0 Å². The van der Waals surface area contributed by atoms with Crippen LogP contribution in [-0.4, -0.2) is 26.3 Å². The Hall–Kier alpha value is -1.40. The summed E-state index contributed by atoms with van der Waals surface area (Å²) in [5, 5.41) is 0. The monoisotopic (exact) mass is 271 g/mol. The molecule has 5 nitrogen and oxygen atoms in total. The average Bonchev–Trinajstić information content (AvgIpc) is 2.28. The van der Waals surface area contributed by atoms with Crippen molar-refractivity contribution in [2.75, 3.05) is 12.0 Å². The van der Waals surface area contributed by atoms with Gasteiger partial charge < -0.3 is 0 Å². The number of sulfone groups is 1. The van der Waals surface area contributed by atoms with E-state index in [1.807, 2.05) is 30.3 Å². The normalized spacial score (nSPS) is 13.0. The standard InChI is InChI=1S/C12H17NO4S/c1-10(9-18(2,15)16)12(14)13-17-8-11-6-4-3-5-7-11/h3-7,10H,8-9H2,1-2H3,(H,13,14). The molecule has 0 fully saturated rings. The summed E-state index contributed by atoms with van der Waals surface area (Å²) in [6, 6.07) is 9.36. The van der Waals surface area contributed by atoms with E-state index in [1.54, 1.807) is 6.92 Å². The first kappa shape index (κ1) is 14.7. The molecular formula is C12H17NO4S. The minimum Gasteiger partial charge on any atom is -0.272 e. The summed E-state index contributed by atoms with van der Waals surface area (Å²) < 4.78 is 22.0. The summed E-state index contributed by atoms with van der Waals surface area (Å²) in [5.41, 5.74) is 3.17. The zero-order valence-electron chi connectivity index (χ0n) is 10.4. The molecule has 0 aliphatic carbocycles. The smallest absolute Gasteiger partial charge is 0.247 e. The summed E-state index contributed by atoms with van der Waals surface area (Å²) in [6.07, 6.45) is 1.10. The van der Waals surface area contributed by atoms with E-state index in [1.165, 1.54) is 0 Å². The fourth-order valence-electron chi connectivity index (χ4n) is 1.40. The van der Waals surface area contributed by atoms with Crippen LogP contribution in [0.15, 0.2) is 30.3 Å². The van der Waals surface area contributed by atoms with E-state index in [2.05, 4.69) is 5.48 Å². The minimum absolute atomic E-state index is 0.187. The quantitative estimate of drug-likeness (QED) is 0.781. The summed E-state index contributed by atoms with van der Waals surface area (Å²) >= 11 is 0. The van der Waals surface area contributed by atoms with Crippen LogP contribution >= 0.6 is 0 Å². The lowest BCUT2D eigenvalue weighted by molar-refractivity contribution is -0.137. The molecule has 1 atom stereocenters. The first-order chi connectivity index (χ1) is 8.38. The second-order valence-corrected chi connectivity index (χ2v) is 6.42. The summed E-state index contributed by atoms with van der Waals surface area (Å²) in [7, 11) is -3.16. The van der Waals surface area contributed by atoms with Crippen LogP contribution in [0, 0.1) is 5.92 Å². The molecule has 0 bridgehead atoms. The zero-order valence-corrected chi connectivity index (χ0v) is 11.2. The van der Waals surface area contributed by atoms with E-state index >= 15 is 0 Å². The van der Waals surface area contributed by atoms with Gasteiger partial charge in [0.2, 0.25) is 5.91 Å². The van der Waals surface area contributed by atoms with Crippen LogP contribution < -0.4 is 5.48 Å². The van der Waals surface area contributed by atoms with Gasteiger partial charge in [0, 0.05) is 6.26 Å². The highest BCUT2D eigenvalue weighted by molar-refractivity contribution is 7.90. The maximum absolute atomic E-state index is 11.5. The van der Waals surface area contributed by atoms with Crippen LogP contribution in [0.25, 0.3) is 0 Å². The van der Waals surface area contributed by atoms with Crippen LogP contribution in [0.5, 0.6) is 0 Å². The van der Waals surface area contributed by atoms with Crippen molar-refractivity contribution in [1.29, 1.82) is 0 Å². The van der Waals surface area contributed by atoms with Gasteiger partial charge >= 0.3 is 0 Å². The second-order valence-electron chi connectivity index (χ2n) is 4.23. The molecule has 1 aromatic carbocycles. The topological polar surface area (TPSA) is 72.5 Å². The Morgan fingerprint density at radius 3 is 2.50 bits per heavy atom. The number of hydrogen-bond donors (Lipinski definition) is 1. The van der Waals surface area contributed by atoms with Crippen molar-refractivity contribution in [3.05, 3.63) is 35.9 Å². The number of rotatable bonds is 6. The number of amides is 1. The maximum atomic E-state index is 11.5. The second kappa shape index (κ2) is 6.51. The summed E-state index contributed by atoms with van der Waals surface area (Å²) in [6.45, 7) is 1.79. The molecule has 0 saturated heterocycles. The Labute approximate surface area is 107 Å². The lowest BCUT2D eigenvalue weighted by Gasteiger charge is -2.11. The third-order valence-electron chi connectivity index (χ3n) is 2.25. The van der Waals surface area contributed by atoms with E-state index in [9.17, 15) is 13.2 Å². The lowest BCUT2D eigenvalue weighted by Crippen LogP contribution is -2.32. The van der Waals surface area contributed by atoms with E-state index in [0.29, 0.717) is 0 Å².